The Labute approximate surface area is 79.1 Å². The van der Waals surface area contributed by atoms with Gasteiger partial charge in [-0.2, -0.15) is 4.99 Å². The van der Waals surface area contributed by atoms with Crippen molar-refractivity contribution in [2.45, 2.75) is 0 Å². The molecule has 0 aromatic carbocycles. The molecule has 0 radical (unpaired) electrons. The van der Waals surface area contributed by atoms with Crippen molar-refractivity contribution >= 4 is 34.9 Å². The van der Waals surface area contributed by atoms with Gasteiger partial charge in [0.2, 0.25) is 0 Å². The summed E-state index contributed by atoms with van der Waals surface area (Å²) in [4.78, 5) is 18.0. The van der Waals surface area contributed by atoms with Crippen LogP contribution in [0.2, 0.25) is 5.15 Å². The molecule has 1 amide bonds. The van der Waals surface area contributed by atoms with Gasteiger partial charge < -0.3 is 0 Å². The predicted molar refractivity (Wildman–Crippen MR) is 48.6 cm³/mol. The summed E-state index contributed by atoms with van der Waals surface area (Å²) in [7, 11) is 0. The lowest BCUT2D eigenvalue weighted by atomic mass is 10.3. The fourth-order valence-corrected chi connectivity index (χ4v) is 0.898. The summed E-state index contributed by atoms with van der Waals surface area (Å²) in [5.74, 6) is -0.464. The van der Waals surface area contributed by atoms with Crippen molar-refractivity contribution in [1.29, 1.82) is 0 Å². The van der Waals surface area contributed by atoms with Gasteiger partial charge in [-0.05, 0) is 24.4 Å². The van der Waals surface area contributed by atoms with E-state index in [4.69, 9.17) is 11.6 Å². The number of isothiocyanates is 1. The van der Waals surface area contributed by atoms with Crippen molar-refractivity contribution in [1.82, 2.24) is 4.98 Å². The number of rotatable bonds is 1. The van der Waals surface area contributed by atoms with Gasteiger partial charge in [0.05, 0.1) is 5.16 Å². The third-order valence-electron chi connectivity index (χ3n) is 1.12. The minimum atomic E-state index is -0.464. The van der Waals surface area contributed by atoms with Gasteiger partial charge in [-0.1, -0.05) is 11.6 Å². The molecule has 3 nitrogen and oxygen atoms in total. The quantitative estimate of drug-likeness (QED) is 0.394. The summed E-state index contributed by atoms with van der Waals surface area (Å²) >= 11 is 9.81. The molecule has 0 aliphatic rings. The first-order valence-corrected chi connectivity index (χ1v) is 3.76. The molecule has 0 bridgehead atoms. The molecule has 0 atom stereocenters. The Kier molecular flexibility index (Phi) is 3.05. The highest BCUT2D eigenvalue weighted by molar-refractivity contribution is 7.78. The maximum absolute atomic E-state index is 11.0. The van der Waals surface area contributed by atoms with Crippen molar-refractivity contribution in [3.63, 3.8) is 0 Å². The molecule has 0 aliphatic heterocycles. The van der Waals surface area contributed by atoms with Crippen molar-refractivity contribution < 1.29 is 4.79 Å². The van der Waals surface area contributed by atoms with E-state index in [0.717, 1.165) is 0 Å². The van der Waals surface area contributed by atoms with E-state index in [2.05, 4.69) is 22.2 Å². The van der Waals surface area contributed by atoms with Gasteiger partial charge >= 0.3 is 0 Å². The number of pyridine rings is 1. The molecule has 0 fully saturated rings. The van der Waals surface area contributed by atoms with Crippen LogP contribution in [0.1, 0.15) is 10.4 Å². The summed E-state index contributed by atoms with van der Waals surface area (Å²) in [6.07, 6.45) is 1.43. The molecule has 0 saturated heterocycles. The van der Waals surface area contributed by atoms with Gasteiger partial charge in [0.25, 0.3) is 5.91 Å². The van der Waals surface area contributed by atoms with Gasteiger partial charge in [-0.25, -0.2) is 4.98 Å². The van der Waals surface area contributed by atoms with Crippen LogP contribution in [0.15, 0.2) is 23.3 Å². The Hall–Kier alpha value is -1.09. The van der Waals surface area contributed by atoms with Crippen LogP contribution in [0.3, 0.4) is 0 Å². The van der Waals surface area contributed by atoms with Gasteiger partial charge in [-0.15, -0.1) is 0 Å². The molecule has 60 valence electrons. The summed E-state index contributed by atoms with van der Waals surface area (Å²) in [6.45, 7) is 0. The second kappa shape index (κ2) is 4.07. The van der Waals surface area contributed by atoms with E-state index in [1.54, 1.807) is 0 Å². The van der Waals surface area contributed by atoms with Crippen LogP contribution in [0.5, 0.6) is 0 Å². The zero-order chi connectivity index (χ0) is 8.97. The van der Waals surface area contributed by atoms with Crippen LogP contribution >= 0.6 is 23.8 Å². The van der Waals surface area contributed by atoms with Crippen molar-refractivity contribution in [2.75, 3.05) is 0 Å². The van der Waals surface area contributed by atoms with Crippen LogP contribution in [0, 0.1) is 0 Å². The average molecular weight is 199 g/mol. The lowest BCUT2D eigenvalue weighted by Gasteiger charge is -1.92. The number of hydrogen-bond donors (Lipinski definition) is 0. The van der Waals surface area contributed by atoms with Gasteiger partial charge in [0, 0.05) is 11.8 Å². The Morgan fingerprint density at radius 3 is 3.08 bits per heavy atom. The number of carbonyl (C=O) groups excluding carboxylic acids is 1. The molecule has 12 heavy (non-hydrogen) atoms. The number of amides is 1. The second-order valence-electron chi connectivity index (χ2n) is 1.88. The fraction of sp³-hybridized carbons (Fsp3) is 0. The van der Waals surface area contributed by atoms with Crippen molar-refractivity contribution in [3.05, 3.63) is 29.0 Å². The molecule has 0 N–H and O–H groups in total. The minimum absolute atomic E-state index is 0.250. The van der Waals surface area contributed by atoms with Crippen LogP contribution in [0.4, 0.5) is 0 Å². The fourth-order valence-electron chi connectivity index (χ4n) is 0.642. The normalized spacial score (nSPS) is 8.75. The number of aliphatic imine (C=N–C) groups is 1. The number of thiocarbonyl (C=S) groups is 1. The highest BCUT2D eigenvalue weighted by Crippen LogP contribution is 2.07. The number of carbonyl (C=O) groups is 1. The average Bonchev–Trinajstić information content (AvgIpc) is 2.05. The molecule has 5 heteroatoms. The largest absolute Gasteiger partial charge is 0.286 e. The van der Waals surface area contributed by atoms with Crippen LogP contribution in [-0.4, -0.2) is 16.1 Å². The summed E-state index contributed by atoms with van der Waals surface area (Å²) in [5, 5.41) is 2.23. The van der Waals surface area contributed by atoms with Crippen molar-refractivity contribution in [3.8, 4) is 0 Å². The Morgan fingerprint density at radius 1 is 1.75 bits per heavy atom. The Balaban J connectivity index is 3.03. The first kappa shape index (κ1) is 9.00. The third-order valence-corrected chi connectivity index (χ3v) is 1.42. The molecule has 1 aromatic rings. The van der Waals surface area contributed by atoms with Gasteiger partial charge in [0.15, 0.2) is 0 Å². The van der Waals surface area contributed by atoms with E-state index in [1.165, 1.54) is 18.3 Å². The minimum Gasteiger partial charge on any atom is -0.266 e. The van der Waals surface area contributed by atoms with E-state index in [9.17, 15) is 4.79 Å². The van der Waals surface area contributed by atoms with E-state index < -0.39 is 5.91 Å². The van der Waals surface area contributed by atoms with Gasteiger partial charge in [0.1, 0.15) is 5.15 Å². The third kappa shape index (κ3) is 2.20. The molecule has 1 heterocycles. The standard InChI is InChI=1S/C7H3ClN2OS/c8-6-3-5(1-2-9-6)7(11)10-4-12/h1-3H. The predicted octanol–water partition coefficient (Wildman–Crippen LogP) is 1.98. The molecular weight excluding hydrogens is 196 g/mol. The van der Waals surface area contributed by atoms with Gasteiger partial charge in [-0.3, -0.25) is 4.79 Å². The molecule has 0 aliphatic carbocycles. The number of hydrogen-bond acceptors (Lipinski definition) is 3. The topological polar surface area (TPSA) is 42.3 Å². The summed E-state index contributed by atoms with van der Waals surface area (Å²) in [6, 6.07) is 2.92. The van der Waals surface area contributed by atoms with E-state index in [1.807, 2.05) is 5.16 Å². The maximum Gasteiger partial charge on any atom is 0.286 e. The SMILES string of the molecule is O=C(N=C=S)c1ccnc(Cl)c1. The zero-order valence-electron chi connectivity index (χ0n) is 5.82. The first-order chi connectivity index (χ1) is 5.74. The van der Waals surface area contributed by atoms with Crippen LogP contribution in [-0.2, 0) is 0 Å². The van der Waals surface area contributed by atoms with E-state index in [-0.39, 0.29) is 5.15 Å². The number of aromatic nitrogens is 1. The van der Waals surface area contributed by atoms with E-state index >= 15 is 0 Å². The molecule has 1 aromatic heterocycles. The highest BCUT2D eigenvalue weighted by Gasteiger charge is 2.02. The Bertz CT molecular complexity index is 360. The smallest absolute Gasteiger partial charge is 0.266 e. The van der Waals surface area contributed by atoms with Crippen LogP contribution < -0.4 is 0 Å². The Morgan fingerprint density at radius 2 is 2.50 bits per heavy atom. The van der Waals surface area contributed by atoms with Crippen molar-refractivity contribution in [2.24, 2.45) is 4.99 Å². The molecule has 0 unspecified atom stereocenters. The molecule has 0 spiro atoms. The highest BCUT2D eigenvalue weighted by atomic mass is 35.5. The van der Waals surface area contributed by atoms with E-state index in [0.29, 0.717) is 5.56 Å². The lowest BCUT2D eigenvalue weighted by Crippen LogP contribution is -1.93. The maximum atomic E-state index is 11.0. The summed E-state index contributed by atoms with van der Waals surface area (Å²) in [5.41, 5.74) is 0.354. The summed E-state index contributed by atoms with van der Waals surface area (Å²) < 4.78 is 0. The second-order valence-corrected chi connectivity index (χ2v) is 2.45. The number of nitrogens with zero attached hydrogens (tertiary/aromatic N) is 2. The zero-order valence-corrected chi connectivity index (χ0v) is 7.39. The lowest BCUT2D eigenvalue weighted by molar-refractivity contribution is 0.100. The first-order valence-electron chi connectivity index (χ1n) is 2.98. The number of halogens is 1. The molecule has 1 rings (SSSR count). The van der Waals surface area contributed by atoms with Crippen LogP contribution in [0.25, 0.3) is 0 Å². The monoisotopic (exact) mass is 198 g/mol. The molecular formula is C7H3ClN2OS. The molecule has 0 saturated carbocycles.